The van der Waals surface area contributed by atoms with E-state index in [1.165, 1.54) is 28.2 Å². The van der Waals surface area contributed by atoms with E-state index in [1.54, 1.807) is 13.1 Å². The summed E-state index contributed by atoms with van der Waals surface area (Å²) in [7, 11) is -3.94. The smallest absolute Gasteiger partial charge is 0.435 e. The number of aliphatic hydroxyl groups is 1. The number of thioether (sulfide) groups is 2. The van der Waals surface area contributed by atoms with Gasteiger partial charge in [-0.3, -0.25) is 4.18 Å². The molecule has 15 heteroatoms. The second kappa shape index (κ2) is 9.87. The molecule has 0 aromatic carbocycles. The first-order valence-electron chi connectivity index (χ1n) is 9.03. The third-order valence-corrected chi connectivity index (χ3v) is 6.02. The van der Waals surface area contributed by atoms with E-state index in [0.717, 1.165) is 6.26 Å². The molecule has 2 aromatic rings. The molecule has 0 spiro atoms. The van der Waals surface area contributed by atoms with Crippen LogP contribution in [-0.4, -0.2) is 89.7 Å². The van der Waals surface area contributed by atoms with Crippen molar-refractivity contribution >= 4 is 50.8 Å². The quantitative estimate of drug-likeness (QED) is 0.183. The zero-order chi connectivity index (χ0) is 22.8. The molecule has 4 atom stereocenters. The van der Waals surface area contributed by atoms with Gasteiger partial charge in [0.15, 0.2) is 17.0 Å². The van der Waals surface area contributed by atoms with Crippen molar-refractivity contribution < 1.29 is 36.7 Å². The number of nitrogens with zero attached hydrogens (tertiary/aromatic N) is 4. The summed E-state index contributed by atoms with van der Waals surface area (Å²) in [5, 5.41) is 17.0. The number of hydrogen-bond donors (Lipinski definition) is 1. The van der Waals surface area contributed by atoms with E-state index in [1.807, 2.05) is 12.5 Å². The maximum absolute atomic E-state index is 11.7. The Balaban J connectivity index is 1.90. The number of rotatable bonds is 8. The van der Waals surface area contributed by atoms with Gasteiger partial charge >= 0.3 is 6.16 Å². The first kappa shape index (κ1) is 24.0. The minimum absolute atomic E-state index is 0.107. The molecule has 1 N–H and O–H groups in total. The van der Waals surface area contributed by atoms with Gasteiger partial charge in [0, 0.05) is 6.20 Å². The molecule has 3 heterocycles. The monoisotopic (exact) mass is 494 g/mol. The Hall–Kier alpha value is -1.65. The van der Waals surface area contributed by atoms with Crippen LogP contribution in [0.2, 0.25) is 0 Å². The van der Waals surface area contributed by atoms with Crippen LogP contribution in [0.4, 0.5) is 4.79 Å². The van der Waals surface area contributed by atoms with Crippen LogP contribution >= 0.6 is 23.5 Å². The van der Waals surface area contributed by atoms with E-state index < -0.39 is 40.8 Å². The van der Waals surface area contributed by atoms with E-state index >= 15 is 0 Å². The molecule has 1 aliphatic heterocycles. The van der Waals surface area contributed by atoms with Gasteiger partial charge in [-0.2, -0.15) is 8.42 Å². The number of carbonyl (C=O) groups excluding carboxylic acids is 1. The predicted molar refractivity (Wildman–Crippen MR) is 111 cm³/mol. The van der Waals surface area contributed by atoms with Crippen LogP contribution in [0.25, 0.3) is 11.0 Å². The Morgan fingerprint density at radius 1 is 1.29 bits per heavy atom. The highest BCUT2D eigenvalue weighted by Crippen LogP contribution is 2.34. The summed E-state index contributed by atoms with van der Waals surface area (Å²) in [4.78, 5) is 20.3. The Bertz CT molecular complexity index is 1050. The van der Waals surface area contributed by atoms with Crippen LogP contribution in [0, 0.1) is 0 Å². The minimum Gasteiger partial charge on any atom is -0.435 e. The number of ether oxygens (including phenoxy) is 3. The lowest BCUT2D eigenvalue weighted by atomic mass is 10.1. The lowest BCUT2D eigenvalue weighted by Crippen LogP contribution is -2.38. The van der Waals surface area contributed by atoms with Gasteiger partial charge < -0.3 is 19.3 Å². The third-order valence-electron chi connectivity index (χ3n) is 4.20. The Morgan fingerprint density at radius 2 is 2.03 bits per heavy atom. The largest absolute Gasteiger partial charge is 0.508 e. The average Bonchev–Trinajstić information content (AvgIpc) is 3.26. The van der Waals surface area contributed by atoms with E-state index in [4.69, 9.17) is 13.7 Å². The van der Waals surface area contributed by atoms with Crippen LogP contribution in [0.15, 0.2) is 16.4 Å². The normalized spacial score (nSPS) is 23.9. The first-order valence-corrected chi connectivity index (χ1v) is 13.3. The molecule has 12 nitrogen and oxygen atoms in total. The van der Waals surface area contributed by atoms with Crippen LogP contribution in [0.1, 0.15) is 13.2 Å². The van der Waals surface area contributed by atoms with Crippen molar-refractivity contribution in [2.45, 2.75) is 41.6 Å². The number of hydrogen-bond acceptors (Lipinski definition) is 13. The maximum atomic E-state index is 11.7. The summed E-state index contributed by atoms with van der Waals surface area (Å²) in [6, 6.07) is 0. The lowest BCUT2D eigenvalue weighted by Gasteiger charge is -2.18. The highest BCUT2D eigenvalue weighted by molar-refractivity contribution is 7.99. The van der Waals surface area contributed by atoms with E-state index in [-0.39, 0.29) is 13.2 Å². The molecule has 0 aliphatic carbocycles. The predicted octanol–water partition coefficient (Wildman–Crippen LogP) is 1.05. The SMILES string of the molecule is CCOC(=O)OC[C@H]1O[C@@H](n2cc3c(SC)nc(SC)nc3n2)[C@H](O)[C@H]1OS(C)(=O)=O. The topological polar surface area (TPSA) is 152 Å². The third kappa shape index (κ3) is 5.59. The van der Waals surface area contributed by atoms with Gasteiger partial charge in [0.1, 0.15) is 29.9 Å². The molecule has 0 amide bonds. The highest BCUT2D eigenvalue weighted by atomic mass is 32.2. The van der Waals surface area contributed by atoms with Crippen molar-refractivity contribution in [2.75, 3.05) is 32.0 Å². The first-order chi connectivity index (χ1) is 14.7. The number of aromatic nitrogens is 4. The average molecular weight is 495 g/mol. The molecule has 0 unspecified atom stereocenters. The van der Waals surface area contributed by atoms with Gasteiger partial charge in [-0.1, -0.05) is 11.8 Å². The van der Waals surface area contributed by atoms with Gasteiger partial charge in [-0.15, -0.1) is 16.9 Å². The molecular weight excluding hydrogens is 472 g/mol. The fourth-order valence-corrected chi connectivity index (χ4v) is 4.56. The Labute approximate surface area is 187 Å². The summed E-state index contributed by atoms with van der Waals surface area (Å²) < 4.78 is 45.1. The molecule has 0 radical (unpaired) electrons. The molecule has 31 heavy (non-hydrogen) atoms. The van der Waals surface area contributed by atoms with Crippen molar-refractivity contribution in [2.24, 2.45) is 0 Å². The van der Waals surface area contributed by atoms with Crippen LogP contribution in [-0.2, 0) is 28.5 Å². The van der Waals surface area contributed by atoms with Gasteiger partial charge in [-0.25, -0.2) is 19.4 Å². The second-order valence-corrected chi connectivity index (χ2v) is 9.55. The van der Waals surface area contributed by atoms with Crippen molar-refractivity contribution in [1.29, 1.82) is 0 Å². The molecular formula is C16H22N4O8S3. The Kier molecular flexibility index (Phi) is 7.64. The van der Waals surface area contributed by atoms with Gasteiger partial charge in [0.05, 0.1) is 18.2 Å². The zero-order valence-corrected chi connectivity index (χ0v) is 19.6. The van der Waals surface area contributed by atoms with E-state index in [2.05, 4.69) is 19.8 Å². The number of carbonyl (C=O) groups is 1. The van der Waals surface area contributed by atoms with Gasteiger partial charge in [0.2, 0.25) is 0 Å². The van der Waals surface area contributed by atoms with Crippen LogP contribution in [0.5, 0.6) is 0 Å². The summed E-state index contributed by atoms with van der Waals surface area (Å²) in [5.74, 6) is 0. The summed E-state index contributed by atoms with van der Waals surface area (Å²) in [5.41, 5.74) is 0.395. The molecule has 2 aromatic heterocycles. The van der Waals surface area contributed by atoms with Gasteiger partial charge in [0.25, 0.3) is 10.1 Å². The number of fused-ring (bicyclic) bond motifs is 1. The lowest BCUT2D eigenvalue weighted by molar-refractivity contribution is -0.0655. The Morgan fingerprint density at radius 3 is 2.65 bits per heavy atom. The van der Waals surface area contributed by atoms with Crippen LogP contribution in [0.3, 0.4) is 0 Å². The summed E-state index contributed by atoms with van der Waals surface area (Å²) >= 11 is 2.78. The van der Waals surface area contributed by atoms with Crippen molar-refractivity contribution in [1.82, 2.24) is 19.7 Å². The van der Waals surface area contributed by atoms with Crippen LogP contribution < -0.4 is 0 Å². The fourth-order valence-electron chi connectivity index (χ4n) is 2.96. The number of aliphatic hydroxyl groups excluding tert-OH is 1. The highest BCUT2D eigenvalue weighted by Gasteiger charge is 2.48. The second-order valence-electron chi connectivity index (χ2n) is 6.38. The fraction of sp³-hybridized carbons (Fsp3) is 0.625. The van der Waals surface area contributed by atoms with Gasteiger partial charge in [-0.05, 0) is 19.4 Å². The van der Waals surface area contributed by atoms with Crippen molar-refractivity contribution in [3.8, 4) is 0 Å². The zero-order valence-electron chi connectivity index (χ0n) is 17.1. The van der Waals surface area contributed by atoms with Crippen molar-refractivity contribution in [3.63, 3.8) is 0 Å². The molecule has 1 fully saturated rings. The summed E-state index contributed by atoms with van der Waals surface area (Å²) in [6.45, 7) is 1.33. The molecule has 3 rings (SSSR count). The van der Waals surface area contributed by atoms with E-state index in [0.29, 0.717) is 21.2 Å². The maximum Gasteiger partial charge on any atom is 0.508 e. The van der Waals surface area contributed by atoms with E-state index in [9.17, 15) is 18.3 Å². The molecule has 1 saturated heterocycles. The summed E-state index contributed by atoms with van der Waals surface area (Å²) in [6.07, 6.45) is 0.268. The van der Waals surface area contributed by atoms with Crippen molar-refractivity contribution in [3.05, 3.63) is 6.20 Å². The molecule has 1 aliphatic rings. The molecule has 0 bridgehead atoms. The minimum atomic E-state index is -3.94. The standard InChI is InChI=1S/C16H22N4O8S3/c1-5-25-16(22)26-7-9-11(28-31(4,23)24)10(21)14(27-9)20-6-8-12(19-20)17-15(30-3)18-13(8)29-2/h6,9-11,14,21H,5,7H2,1-4H3/t9-,10-,11+,14-/m1/s1. The molecule has 0 saturated carbocycles. The molecule has 172 valence electrons.